The maximum Gasteiger partial charge on any atom is 0.264 e. The van der Waals surface area contributed by atoms with Crippen LogP contribution in [-0.4, -0.2) is 44.3 Å². The lowest BCUT2D eigenvalue weighted by Crippen LogP contribution is -2.53. The highest BCUT2D eigenvalue weighted by atomic mass is 79.9. The number of rotatable bonds is 12. The number of aryl methyl sites for hydroxylation is 1. The van der Waals surface area contributed by atoms with Gasteiger partial charge < -0.3 is 10.2 Å². The second-order valence-electron chi connectivity index (χ2n) is 9.85. The minimum absolute atomic E-state index is 0.0628. The molecule has 0 aliphatic heterocycles. The molecule has 4 rings (SSSR count). The van der Waals surface area contributed by atoms with Crippen molar-refractivity contribution in [2.75, 3.05) is 17.4 Å². The van der Waals surface area contributed by atoms with Gasteiger partial charge in [-0.05, 0) is 60.9 Å². The molecule has 7 nitrogen and oxygen atoms in total. The largest absolute Gasteiger partial charge is 0.355 e. The van der Waals surface area contributed by atoms with Crippen LogP contribution in [0.2, 0.25) is 0 Å². The number of likely N-dealkylation sites (N-methyl/N-ethyl adjacent to an activating group) is 1. The standard InChI is InChI=1S/C33H34BrN3O4S/c1-3-35-33(39)31(21-26-14-6-4-7-15-26)36(23-27-16-11-10-13-25(27)2)32(38)24-37(29-18-12-17-28(34)22-29)42(40,41)30-19-8-5-9-20-30/h4-20,22,31H,3,21,23-24H2,1-2H3,(H,35,39)/t31-/m0/s1. The lowest BCUT2D eigenvalue weighted by atomic mass is 10.0. The Kier molecular flexibility index (Phi) is 10.5. The van der Waals surface area contributed by atoms with Crippen molar-refractivity contribution in [1.29, 1.82) is 0 Å². The number of anilines is 1. The summed E-state index contributed by atoms with van der Waals surface area (Å²) in [6, 6.07) is 31.1. The Hall–Kier alpha value is -3.95. The number of carbonyl (C=O) groups is 2. The topological polar surface area (TPSA) is 86.8 Å². The molecular weight excluding hydrogens is 614 g/mol. The van der Waals surface area contributed by atoms with Crippen LogP contribution in [-0.2, 0) is 32.6 Å². The average molecular weight is 649 g/mol. The highest BCUT2D eigenvalue weighted by molar-refractivity contribution is 9.10. The summed E-state index contributed by atoms with van der Waals surface area (Å²) in [5.74, 6) is -0.798. The first-order chi connectivity index (χ1) is 20.2. The van der Waals surface area contributed by atoms with Gasteiger partial charge in [0.1, 0.15) is 12.6 Å². The van der Waals surface area contributed by atoms with Crippen LogP contribution >= 0.6 is 15.9 Å². The molecule has 1 atom stereocenters. The summed E-state index contributed by atoms with van der Waals surface area (Å²) >= 11 is 3.43. The van der Waals surface area contributed by atoms with Crippen LogP contribution < -0.4 is 9.62 Å². The Bertz CT molecular complexity index is 1610. The Balaban J connectivity index is 1.80. The fourth-order valence-electron chi connectivity index (χ4n) is 4.70. The molecule has 0 saturated heterocycles. The lowest BCUT2D eigenvalue weighted by molar-refractivity contribution is -0.140. The van der Waals surface area contributed by atoms with Gasteiger partial charge in [0.05, 0.1) is 10.6 Å². The van der Waals surface area contributed by atoms with E-state index < -0.39 is 28.5 Å². The number of halogens is 1. The molecule has 9 heteroatoms. The fourth-order valence-corrected chi connectivity index (χ4v) is 6.51. The molecule has 1 N–H and O–H groups in total. The highest BCUT2D eigenvalue weighted by Crippen LogP contribution is 2.27. The van der Waals surface area contributed by atoms with Crippen molar-refractivity contribution in [3.8, 4) is 0 Å². The van der Waals surface area contributed by atoms with E-state index >= 15 is 0 Å². The summed E-state index contributed by atoms with van der Waals surface area (Å²) in [7, 11) is -4.13. The van der Waals surface area contributed by atoms with Crippen molar-refractivity contribution in [1.82, 2.24) is 10.2 Å². The summed E-state index contributed by atoms with van der Waals surface area (Å²) in [6.07, 6.45) is 0.270. The molecule has 0 fully saturated rings. The SMILES string of the molecule is CCNC(=O)[C@H](Cc1ccccc1)N(Cc1ccccc1C)C(=O)CN(c1cccc(Br)c1)S(=O)(=O)c1ccccc1. The average Bonchev–Trinajstić information content (AvgIpc) is 2.99. The third-order valence-corrected chi connectivity index (χ3v) is 9.21. The number of nitrogens with one attached hydrogen (secondary N) is 1. The van der Waals surface area contributed by atoms with Crippen molar-refractivity contribution in [3.05, 3.63) is 130 Å². The second kappa shape index (κ2) is 14.3. The van der Waals surface area contributed by atoms with Gasteiger partial charge in [0.2, 0.25) is 11.8 Å². The zero-order valence-corrected chi connectivity index (χ0v) is 26.0. The predicted octanol–water partition coefficient (Wildman–Crippen LogP) is 5.73. The molecule has 0 spiro atoms. The normalized spacial score (nSPS) is 11.9. The molecule has 0 heterocycles. The van der Waals surface area contributed by atoms with Crippen molar-refractivity contribution in [3.63, 3.8) is 0 Å². The number of benzene rings is 4. The van der Waals surface area contributed by atoms with Crippen LogP contribution in [0.4, 0.5) is 5.69 Å². The smallest absolute Gasteiger partial charge is 0.264 e. The van der Waals surface area contributed by atoms with Gasteiger partial charge in [0, 0.05) is 24.0 Å². The number of hydrogen-bond donors (Lipinski definition) is 1. The summed E-state index contributed by atoms with van der Waals surface area (Å²) in [5.41, 5.74) is 3.05. The minimum Gasteiger partial charge on any atom is -0.355 e. The molecule has 218 valence electrons. The Labute approximate surface area is 256 Å². The number of hydrogen-bond acceptors (Lipinski definition) is 4. The lowest BCUT2D eigenvalue weighted by Gasteiger charge is -2.34. The maximum absolute atomic E-state index is 14.4. The van der Waals surface area contributed by atoms with E-state index in [1.54, 1.807) is 42.5 Å². The minimum atomic E-state index is -4.13. The first-order valence-corrected chi connectivity index (χ1v) is 15.9. The van der Waals surface area contributed by atoms with Gasteiger partial charge in [-0.3, -0.25) is 13.9 Å². The number of amides is 2. The van der Waals surface area contributed by atoms with E-state index in [2.05, 4.69) is 21.2 Å². The first kappa shape index (κ1) is 31.0. The van der Waals surface area contributed by atoms with Gasteiger partial charge in [-0.25, -0.2) is 8.42 Å². The number of nitrogens with zero attached hydrogens (tertiary/aromatic N) is 2. The molecule has 0 radical (unpaired) electrons. The molecule has 4 aromatic rings. The molecule has 0 unspecified atom stereocenters. The highest BCUT2D eigenvalue weighted by Gasteiger charge is 2.34. The zero-order valence-electron chi connectivity index (χ0n) is 23.6. The van der Waals surface area contributed by atoms with Gasteiger partial charge in [-0.1, -0.05) is 94.8 Å². The molecule has 0 aromatic heterocycles. The van der Waals surface area contributed by atoms with Crippen molar-refractivity contribution < 1.29 is 18.0 Å². The molecule has 0 bridgehead atoms. The summed E-state index contributed by atoms with van der Waals surface area (Å²) in [6.45, 7) is 3.81. The summed E-state index contributed by atoms with van der Waals surface area (Å²) in [5, 5.41) is 2.88. The van der Waals surface area contributed by atoms with E-state index in [-0.39, 0.29) is 23.8 Å². The van der Waals surface area contributed by atoms with Crippen molar-refractivity contribution in [2.24, 2.45) is 0 Å². The first-order valence-electron chi connectivity index (χ1n) is 13.7. The molecule has 0 saturated carbocycles. The van der Waals surface area contributed by atoms with E-state index in [0.29, 0.717) is 16.7 Å². The summed E-state index contributed by atoms with van der Waals surface area (Å²) < 4.78 is 29.7. The van der Waals surface area contributed by atoms with Crippen LogP contribution in [0.3, 0.4) is 0 Å². The third kappa shape index (κ3) is 7.66. The van der Waals surface area contributed by atoms with Gasteiger partial charge >= 0.3 is 0 Å². The van der Waals surface area contributed by atoms with E-state index in [0.717, 1.165) is 21.0 Å². The second-order valence-corrected chi connectivity index (χ2v) is 12.6. The molecule has 2 amide bonds. The van der Waals surface area contributed by atoms with Gasteiger partial charge in [-0.15, -0.1) is 0 Å². The maximum atomic E-state index is 14.4. The van der Waals surface area contributed by atoms with Crippen LogP contribution in [0.5, 0.6) is 0 Å². The van der Waals surface area contributed by atoms with Gasteiger partial charge in [0.15, 0.2) is 0 Å². The van der Waals surface area contributed by atoms with Crippen LogP contribution in [0.25, 0.3) is 0 Å². The van der Waals surface area contributed by atoms with E-state index in [1.807, 2.05) is 68.4 Å². The molecule has 0 aliphatic carbocycles. The van der Waals surface area contributed by atoms with E-state index in [9.17, 15) is 18.0 Å². The molecule has 42 heavy (non-hydrogen) atoms. The van der Waals surface area contributed by atoms with Crippen LogP contribution in [0.1, 0.15) is 23.6 Å². The Morgan fingerprint density at radius 3 is 2.14 bits per heavy atom. The molecular formula is C33H34BrN3O4S. The Morgan fingerprint density at radius 2 is 1.50 bits per heavy atom. The molecule has 4 aromatic carbocycles. The van der Waals surface area contributed by atoms with E-state index in [1.165, 1.54) is 17.0 Å². The zero-order chi connectivity index (χ0) is 30.1. The quantitative estimate of drug-likeness (QED) is 0.213. The third-order valence-electron chi connectivity index (χ3n) is 6.93. The monoisotopic (exact) mass is 647 g/mol. The van der Waals surface area contributed by atoms with Crippen molar-refractivity contribution in [2.45, 2.75) is 37.8 Å². The van der Waals surface area contributed by atoms with Gasteiger partial charge in [0.25, 0.3) is 10.0 Å². The number of sulfonamides is 1. The number of carbonyl (C=O) groups excluding carboxylic acids is 2. The Morgan fingerprint density at radius 1 is 0.857 bits per heavy atom. The van der Waals surface area contributed by atoms with E-state index in [4.69, 9.17) is 0 Å². The summed E-state index contributed by atoms with van der Waals surface area (Å²) in [4.78, 5) is 29.5. The fraction of sp³-hybridized carbons (Fsp3) is 0.212. The van der Waals surface area contributed by atoms with Gasteiger partial charge in [-0.2, -0.15) is 0 Å². The molecule has 0 aliphatic rings. The van der Waals surface area contributed by atoms with Crippen molar-refractivity contribution >= 4 is 43.5 Å². The van der Waals surface area contributed by atoms with Crippen LogP contribution in [0.15, 0.2) is 119 Å². The van der Waals surface area contributed by atoms with Crippen LogP contribution in [0, 0.1) is 6.92 Å². The predicted molar refractivity (Wildman–Crippen MR) is 169 cm³/mol.